The Morgan fingerprint density at radius 2 is 0.793 bits per heavy atom. The zero-order chi connectivity index (χ0) is 20.1. The van der Waals surface area contributed by atoms with Crippen molar-refractivity contribution in [2.75, 3.05) is 13.3 Å². The molecule has 0 saturated carbocycles. The van der Waals surface area contributed by atoms with Crippen molar-refractivity contribution in [3.05, 3.63) is 109 Å². The lowest BCUT2D eigenvalue weighted by molar-refractivity contribution is 0.490. The van der Waals surface area contributed by atoms with Crippen molar-refractivity contribution in [3.63, 3.8) is 0 Å². The molecule has 2 unspecified atom stereocenters. The van der Waals surface area contributed by atoms with Gasteiger partial charge in [0.05, 0.1) is 0 Å². The van der Waals surface area contributed by atoms with Gasteiger partial charge in [0.1, 0.15) is 11.5 Å². The van der Waals surface area contributed by atoms with Gasteiger partial charge < -0.3 is 4.74 Å². The highest BCUT2D eigenvalue weighted by Gasteiger charge is 2.17. The molecule has 0 spiro atoms. The monoisotopic (exact) mass is 414 g/mol. The molecule has 0 heterocycles. The van der Waals surface area contributed by atoms with Gasteiger partial charge in [0.25, 0.3) is 0 Å². The van der Waals surface area contributed by atoms with Gasteiger partial charge in [-0.15, -0.1) is 0 Å². The first-order valence-electron chi connectivity index (χ1n) is 9.67. The molecular formula is C26H24OP2. The Balaban J connectivity index is 1.68. The molecule has 4 rings (SSSR count). The van der Waals surface area contributed by atoms with Gasteiger partial charge in [-0.25, -0.2) is 0 Å². The molecule has 2 atom stereocenters. The third kappa shape index (κ3) is 4.59. The van der Waals surface area contributed by atoms with E-state index in [-0.39, 0.29) is 0 Å². The molecule has 29 heavy (non-hydrogen) atoms. The van der Waals surface area contributed by atoms with E-state index in [9.17, 15) is 0 Å². The van der Waals surface area contributed by atoms with Gasteiger partial charge in [0.15, 0.2) is 0 Å². The van der Waals surface area contributed by atoms with Gasteiger partial charge in [0.2, 0.25) is 0 Å². The molecule has 1 nitrogen and oxygen atoms in total. The van der Waals surface area contributed by atoms with Crippen LogP contribution in [0.5, 0.6) is 11.5 Å². The van der Waals surface area contributed by atoms with Gasteiger partial charge in [-0.05, 0) is 51.9 Å². The SMILES string of the molecule is CP(c1ccccc1)c1ccccc1Oc1ccccc1P(C)c1ccccc1. The van der Waals surface area contributed by atoms with Gasteiger partial charge in [-0.3, -0.25) is 0 Å². The molecule has 0 aliphatic rings. The Kier molecular flexibility index (Phi) is 6.40. The molecule has 3 heteroatoms. The molecule has 4 aromatic carbocycles. The molecule has 0 radical (unpaired) electrons. The lowest BCUT2D eigenvalue weighted by Gasteiger charge is -2.21. The van der Waals surface area contributed by atoms with Crippen LogP contribution in [0, 0.1) is 0 Å². The van der Waals surface area contributed by atoms with Gasteiger partial charge in [-0.2, -0.15) is 0 Å². The number of ether oxygens (including phenoxy) is 1. The van der Waals surface area contributed by atoms with Crippen molar-refractivity contribution in [2.24, 2.45) is 0 Å². The van der Waals surface area contributed by atoms with Crippen molar-refractivity contribution < 1.29 is 4.74 Å². The lowest BCUT2D eigenvalue weighted by atomic mass is 10.3. The fourth-order valence-corrected chi connectivity index (χ4v) is 6.66. The van der Waals surface area contributed by atoms with Crippen molar-refractivity contribution in [2.45, 2.75) is 0 Å². The zero-order valence-electron chi connectivity index (χ0n) is 16.7. The Labute approximate surface area is 175 Å². The molecule has 0 N–H and O–H groups in total. The van der Waals surface area contributed by atoms with Gasteiger partial charge in [-0.1, -0.05) is 97.1 Å². The maximum absolute atomic E-state index is 6.56. The van der Waals surface area contributed by atoms with Gasteiger partial charge >= 0.3 is 0 Å². The third-order valence-corrected chi connectivity index (χ3v) is 9.29. The Bertz CT molecular complexity index is 977. The van der Waals surface area contributed by atoms with Crippen LogP contribution in [0.3, 0.4) is 0 Å². The molecule has 4 aromatic rings. The van der Waals surface area contributed by atoms with E-state index in [1.54, 1.807) is 0 Å². The minimum atomic E-state index is -0.476. The van der Waals surface area contributed by atoms with E-state index in [1.165, 1.54) is 21.2 Å². The normalized spacial score (nSPS) is 12.9. The molecular weight excluding hydrogens is 390 g/mol. The predicted molar refractivity (Wildman–Crippen MR) is 130 cm³/mol. The van der Waals surface area contributed by atoms with Crippen LogP contribution in [0.4, 0.5) is 0 Å². The highest BCUT2D eigenvalue weighted by atomic mass is 31.1. The highest BCUT2D eigenvalue weighted by molar-refractivity contribution is 7.72. The maximum atomic E-state index is 6.56. The Morgan fingerprint density at radius 3 is 1.21 bits per heavy atom. The Hall–Kier alpha value is -2.46. The molecule has 0 aliphatic heterocycles. The number of hydrogen-bond acceptors (Lipinski definition) is 1. The molecule has 0 amide bonds. The molecule has 0 bridgehead atoms. The summed E-state index contributed by atoms with van der Waals surface area (Å²) in [6.45, 7) is 4.60. The fourth-order valence-electron chi connectivity index (χ4n) is 3.34. The van der Waals surface area contributed by atoms with Crippen molar-refractivity contribution in [1.82, 2.24) is 0 Å². The standard InChI is InChI=1S/C26H24OP2/c1-28(21-13-5-3-6-14-21)25-19-11-9-17-23(25)27-24-18-10-12-20-26(24)29(2)22-15-7-4-8-16-22/h3-20H,1-2H3. The molecule has 0 fully saturated rings. The second-order valence-corrected chi connectivity index (χ2v) is 11.1. The Morgan fingerprint density at radius 1 is 0.448 bits per heavy atom. The maximum Gasteiger partial charge on any atom is 0.135 e. The van der Waals surface area contributed by atoms with Crippen LogP contribution in [0.25, 0.3) is 0 Å². The minimum Gasteiger partial charge on any atom is -0.456 e. The summed E-state index contributed by atoms with van der Waals surface area (Å²) in [5.74, 6) is 1.91. The van der Waals surface area contributed by atoms with Crippen LogP contribution in [0.15, 0.2) is 109 Å². The summed E-state index contributed by atoms with van der Waals surface area (Å²) in [4.78, 5) is 0. The van der Waals surface area contributed by atoms with E-state index in [0.29, 0.717) is 0 Å². The summed E-state index contributed by atoms with van der Waals surface area (Å²) in [5, 5.41) is 5.25. The van der Waals surface area contributed by atoms with E-state index in [2.05, 4.69) is 123 Å². The summed E-state index contributed by atoms with van der Waals surface area (Å²) >= 11 is 0. The van der Waals surface area contributed by atoms with Crippen LogP contribution in [-0.4, -0.2) is 13.3 Å². The van der Waals surface area contributed by atoms with Gasteiger partial charge in [0, 0.05) is 10.6 Å². The second kappa shape index (κ2) is 9.36. The van der Waals surface area contributed by atoms with E-state index < -0.39 is 15.8 Å². The third-order valence-electron chi connectivity index (χ3n) is 4.96. The summed E-state index contributed by atoms with van der Waals surface area (Å²) in [5.41, 5.74) is 0. The van der Waals surface area contributed by atoms with Crippen LogP contribution in [0.1, 0.15) is 0 Å². The van der Waals surface area contributed by atoms with E-state index in [1.807, 2.05) is 0 Å². The number of rotatable bonds is 6. The van der Waals surface area contributed by atoms with E-state index in [4.69, 9.17) is 4.74 Å². The smallest absolute Gasteiger partial charge is 0.135 e. The fraction of sp³-hybridized carbons (Fsp3) is 0.0769. The van der Waals surface area contributed by atoms with Crippen LogP contribution >= 0.6 is 15.8 Å². The summed E-state index contributed by atoms with van der Waals surface area (Å²) < 4.78 is 6.56. The lowest BCUT2D eigenvalue weighted by Crippen LogP contribution is -2.16. The zero-order valence-corrected chi connectivity index (χ0v) is 18.5. The molecule has 0 saturated heterocycles. The summed E-state index contributed by atoms with van der Waals surface area (Å²) in [6.07, 6.45) is 0. The van der Waals surface area contributed by atoms with Crippen molar-refractivity contribution >= 4 is 37.1 Å². The molecule has 0 aliphatic carbocycles. The largest absolute Gasteiger partial charge is 0.456 e. The molecule has 0 aromatic heterocycles. The van der Waals surface area contributed by atoms with Crippen molar-refractivity contribution in [1.29, 1.82) is 0 Å². The predicted octanol–water partition coefficient (Wildman–Crippen LogP) is 5.60. The van der Waals surface area contributed by atoms with Crippen LogP contribution in [0.2, 0.25) is 0 Å². The van der Waals surface area contributed by atoms with Crippen LogP contribution < -0.4 is 26.0 Å². The average Bonchev–Trinajstić information content (AvgIpc) is 2.80. The second-order valence-electron chi connectivity index (χ2n) is 6.83. The number of benzene rings is 4. The first kappa shape index (κ1) is 19.8. The van der Waals surface area contributed by atoms with Crippen molar-refractivity contribution in [3.8, 4) is 11.5 Å². The van der Waals surface area contributed by atoms with E-state index in [0.717, 1.165) is 11.5 Å². The first-order valence-corrected chi connectivity index (χ1v) is 13.3. The quantitative estimate of drug-likeness (QED) is 0.373. The summed E-state index contributed by atoms with van der Waals surface area (Å²) in [6, 6.07) is 38.3. The number of hydrogen-bond donors (Lipinski definition) is 0. The summed E-state index contributed by atoms with van der Waals surface area (Å²) in [7, 11) is -0.953. The molecule has 144 valence electrons. The van der Waals surface area contributed by atoms with Crippen LogP contribution in [-0.2, 0) is 0 Å². The minimum absolute atomic E-state index is 0.476. The topological polar surface area (TPSA) is 9.23 Å². The first-order chi connectivity index (χ1) is 14.2. The average molecular weight is 414 g/mol. The van der Waals surface area contributed by atoms with E-state index >= 15 is 0 Å². The highest BCUT2D eigenvalue weighted by Crippen LogP contribution is 2.37. The number of para-hydroxylation sites is 2.